The third kappa shape index (κ3) is 6.01. The SMILES string of the molecule is Cc1ccc(C)c(NC(=O)CN(C)C(=O)CSC(=S)N2CCCC2)c1. The zero-order valence-corrected chi connectivity index (χ0v) is 16.6. The van der Waals surface area contributed by atoms with E-state index in [1.807, 2.05) is 32.0 Å². The molecule has 1 aromatic carbocycles. The van der Waals surface area contributed by atoms with Crippen LogP contribution in [0.3, 0.4) is 0 Å². The number of thioether (sulfide) groups is 1. The predicted molar refractivity (Wildman–Crippen MR) is 108 cm³/mol. The Morgan fingerprint density at radius 2 is 1.96 bits per heavy atom. The monoisotopic (exact) mass is 379 g/mol. The summed E-state index contributed by atoms with van der Waals surface area (Å²) >= 11 is 6.74. The van der Waals surface area contributed by atoms with Crippen LogP contribution >= 0.6 is 24.0 Å². The number of nitrogens with one attached hydrogen (secondary N) is 1. The van der Waals surface area contributed by atoms with Crippen LogP contribution in [0.2, 0.25) is 0 Å². The van der Waals surface area contributed by atoms with E-state index in [4.69, 9.17) is 12.2 Å². The molecule has 1 aliphatic rings. The number of nitrogens with zero attached hydrogens (tertiary/aromatic N) is 2. The Morgan fingerprint density at radius 3 is 2.64 bits per heavy atom. The van der Waals surface area contributed by atoms with Crippen LogP contribution in [-0.4, -0.2) is 58.4 Å². The Hall–Kier alpha value is -1.60. The molecular formula is C18H25N3O2S2. The van der Waals surface area contributed by atoms with Gasteiger partial charge in [-0.25, -0.2) is 0 Å². The van der Waals surface area contributed by atoms with E-state index in [2.05, 4.69) is 10.2 Å². The van der Waals surface area contributed by atoms with Gasteiger partial charge in [0.2, 0.25) is 11.8 Å². The van der Waals surface area contributed by atoms with Gasteiger partial charge >= 0.3 is 0 Å². The molecule has 1 saturated heterocycles. The number of hydrogen-bond acceptors (Lipinski definition) is 4. The van der Waals surface area contributed by atoms with Crippen molar-refractivity contribution in [2.75, 3.05) is 37.8 Å². The molecule has 2 amide bonds. The Kier molecular flexibility index (Phi) is 7.25. The molecule has 136 valence electrons. The summed E-state index contributed by atoms with van der Waals surface area (Å²) < 4.78 is 0.777. The summed E-state index contributed by atoms with van der Waals surface area (Å²) in [5.41, 5.74) is 2.87. The minimum atomic E-state index is -0.198. The summed E-state index contributed by atoms with van der Waals surface area (Å²) in [6, 6.07) is 5.90. The molecule has 0 aliphatic carbocycles. The van der Waals surface area contributed by atoms with Gasteiger partial charge in [0, 0.05) is 25.8 Å². The first-order chi connectivity index (χ1) is 11.9. The number of hydrogen-bond donors (Lipinski definition) is 1. The highest BCUT2D eigenvalue weighted by atomic mass is 32.2. The number of likely N-dealkylation sites (tertiary alicyclic amines) is 1. The first kappa shape index (κ1) is 19.7. The summed E-state index contributed by atoms with van der Waals surface area (Å²) in [7, 11) is 1.64. The van der Waals surface area contributed by atoms with E-state index in [9.17, 15) is 9.59 Å². The van der Waals surface area contributed by atoms with E-state index >= 15 is 0 Å². The Bertz CT molecular complexity index is 658. The zero-order chi connectivity index (χ0) is 18.4. The average molecular weight is 380 g/mol. The molecule has 0 radical (unpaired) electrons. The van der Waals surface area contributed by atoms with Gasteiger partial charge in [-0.2, -0.15) is 0 Å². The molecule has 1 aromatic rings. The molecule has 0 saturated carbocycles. The second kappa shape index (κ2) is 9.20. The van der Waals surface area contributed by atoms with Crippen molar-refractivity contribution in [1.82, 2.24) is 9.80 Å². The van der Waals surface area contributed by atoms with Gasteiger partial charge in [-0.3, -0.25) is 9.59 Å². The number of anilines is 1. The summed E-state index contributed by atoms with van der Waals surface area (Å²) in [5.74, 6) is -0.0258. The lowest BCUT2D eigenvalue weighted by Crippen LogP contribution is -2.36. The number of aryl methyl sites for hydroxylation is 2. The van der Waals surface area contributed by atoms with Crippen molar-refractivity contribution >= 4 is 45.8 Å². The number of carbonyl (C=O) groups is 2. The summed E-state index contributed by atoms with van der Waals surface area (Å²) in [6.07, 6.45) is 2.32. The number of rotatable bonds is 5. The maximum atomic E-state index is 12.2. The number of thiocarbonyl (C=S) groups is 1. The summed E-state index contributed by atoms with van der Waals surface area (Å²) in [6.45, 7) is 5.91. The molecule has 5 nitrogen and oxygen atoms in total. The van der Waals surface area contributed by atoms with Gasteiger partial charge < -0.3 is 15.1 Å². The topological polar surface area (TPSA) is 52.7 Å². The molecule has 2 rings (SSSR count). The number of benzene rings is 1. The van der Waals surface area contributed by atoms with Crippen LogP contribution in [0.5, 0.6) is 0 Å². The third-order valence-electron chi connectivity index (χ3n) is 4.16. The number of likely N-dealkylation sites (N-methyl/N-ethyl adjacent to an activating group) is 1. The summed E-state index contributed by atoms with van der Waals surface area (Å²) in [4.78, 5) is 28.0. The lowest BCUT2D eigenvalue weighted by molar-refractivity contribution is -0.131. The van der Waals surface area contributed by atoms with E-state index in [-0.39, 0.29) is 24.1 Å². The highest BCUT2D eigenvalue weighted by molar-refractivity contribution is 8.23. The van der Waals surface area contributed by atoms with Crippen molar-refractivity contribution in [2.24, 2.45) is 0 Å². The van der Waals surface area contributed by atoms with Gasteiger partial charge in [0.15, 0.2) is 0 Å². The lowest BCUT2D eigenvalue weighted by atomic mass is 10.1. The average Bonchev–Trinajstić information content (AvgIpc) is 3.10. The molecule has 0 bridgehead atoms. The molecule has 1 fully saturated rings. The van der Waals surface area contributed by atoms with E-state index < -0.39 is 0 Å². The van der Waals surface area contributed by atoms with Gasteiger partial charge in [-0.05, 0) is 43.9 Å². The minimum absolute atomic E-state index is 0.0310. The molecule has 1 N–H and O–H groups in total. The van der Waals surface area contributed by atoms with Crippen LogP contribution in [0.1, 0.15) is 24.0 Å². The normalized spacial score (nSPS) is 13.6. The van der Waals surface area contributed by atoms with E-state index in [1.54, 1.807) is 7.05 Å². The first-order valence-electron chi connectivity index (χ1n) is 8.39. The van der Waals surface area contributed by atoms with Crippen molar-refractivity contribution in [3.05, 3.63) is 29.3 Å². The molecule has 25 heavy (non-hydrogen) atoms. The van der Waals surface area contributed by atoms with Gasteiger partial charge in [0.05, 0.1) is 12.3 Å². The van der Waals surface area contributed by atoms with Crippen molar-refractivity contribution in [2.45, 2.75) is 26.7 Å². The standard InChI is InChI=1S/C18H25N3O2S2/c1-13-6-7-14(2)15(10-13)19-16(22)11-20(3)17(23)12-25-18(24)21-8-4-5-9-21/h6-7,10H,4-5,8-9,11-12H2,1-3H3,(H,19,22). The molecule has 1 aliphatic heterocycles. The molecule has 0 aromatic heterocycles. The number of amides is 2. The molecule has 0 atom stereocenters. The predicted octanol–water partition coefficient (Wildman–Crippen LogP) is 2.81. The van der Waals surface area contributed by atoms with E-state index in [0.29, 0.717) is 0 Å². The molecular weight excluding hydrogens is 354 g/mol. The van der Waals surface area contributed by atoms with Crippen LogP contribution in [0.15, 0.2) is 18.2 Å². The second-order valence-electron chi connectivity index (χ2n) is 6.37. The Labute approximate surface area is 159 Å². The third-order valence-corrected chi connectivity index (χ3v) is 5.67. The largest absolute Gasteiger partial charge is 0.358 e. The molecule has 7 heteroatoms. The lowest BCUT2D eigenvalue weighted by Gasteiger charge is -2.20. The van der Waals surface area contributed by atoms with Crippen molar-refractivity contribution < 1.29 is 9.59 Å². The smallest absolute Gasteiger partial charge is 0.243 e. The Balaban J connectivity index is 1.78. The van der Waals surface area contributed by atoms with Crippen LogP contribution < -0.4 is 5.32 Å². The van der Waals surface area contributed by atoms with Crippen LogP contribution in [0.25, 0.3) is 0 Å². The fourth-order valence-electron chi connectivity index (χ4n) is 2.59. The highest BCUT2D eigenvalue weighted by Gasteiger charge is 2.18. The quantitative estimate of drug-likeness (QED) is 0.798. The van der Waals surface area contributed by atoms with E-state index in [0.717, 1.165) is 47.1 Å². The van der Waals surface area contributed by atoms with Gasteiger partial charge in [0.1, 0.15) is 4.32 Å². The zero-order valence-electron chi connectivity index (χ0n) is 15.0. The van der Waals surface area contributed by atoms with Crippen molar-refractivity contribution in [1.29, 1.82) is 0 Å². The van der Waals surface area contributed by atoms with Gasteiger partial charge in [-0.1, -0.05) is 36.1 Å². The molecule has 1 heterocycles. The van der Waals surface area contributed by atoms with Crippen LogP contribution in [0, 0.1) is 13.8 Å². The Morgan fingerprint density at radius 1 is 1.28 bits per heavy atom. The second-order valence-corrected chi connectivity index (χ2v) is 7.97. The van der Waals surface area contributed by atoms with E-state index in [1.165, 1.54) is 16.7 Å². The van der Waals surface area contributed by atoms with Gasteiger partial charge in [-0.15, -0.1) is 0 Å². The van der Waals surface area contributed by atoms with Crippen LogP contribution in [0.4, 0.5) is 5.69 Å². The highest BCUT2D eigenvalue weighted by Crippen LogP contribution is 2.17. The summed E-state index contributed by atoms with van der Waals surface area (Å²) in [5, 5.41) is 2.87. The fraction of sp³-hybridized carbons (Fsp3) is 0.500. The molecule has 0 spiro atoms. The molecule has 0 unspecified atom stereocenters. The maximum absolute atomic E-state index is 12.2. The van der Waals surface area contributed by atoms with Crippen LogP contribution in [-0.2, 0) is 9.59 Å². The fourth-order valence-corrected chi connectivity index (χ4v) is 3.78. The van der Waals surface area contributed by atoms with Crippen molar-refractivity contribution in [3.63, 3.8) is 0 Å². The minimum Gasteiger partial charge on any atom is -0.358 e. The van der Waals surface area contributed by atoms with Crippen molar-refractivity contribution in [3.8, 4) is 0 Å². The number of carbonyl (C=O) groups excluding carboxylic acids is 2. The van der Waals surface area contributed by atoms with Gasteiger partial charge in [0.25, 0.3) is 0 Å². The maximum Gasteiger partial charge on any atom is 0.243 e. The first-order valence-corrected chi connectivity index (χ1v) is 9.79.